The van der Waals surface area contributed by atoms with Crippen LogP contribution in [0.15, 0.2) is 25.3 Å². The summed E-state index contributed by atoms with van der Waals surface area (Å²) in [6.07, 6.45) is 3.69. The predicted octanol–water partition coefficient (Wildman–Crippen LogP) is 2.25. The first-order valence-electron chi connectivity index (χ1n) is 5.49. The average Bonchev–Trinajstić information content (AvgIpc) is 2.27. The molecule has 0 atom stereocenters. The second kappa shape index (κ2) is 7.65. The third-order valence-corrected chi connectivity index (χ3v) is 2.38. The van der Waals surface area contributed by atoms with Gasteiger partial charge in [0.1, 0.15) is 0 Å². The molecule has 0 aliphatic rings. The fraction of sp³-hybridized carbons (Fsp3) is 0.538. The molecule has 0 radical (unpaired) electrons. The minimum Gasteiger partial charge on any atom is -0.463 e. The zero-order chi connectivity index (χ0) is 13.3. The molecule has 0 unspecified atom stereocenters. The van der Waals surface area contributed by atoms with Crippen LogP contribution in [-0.4, -0.2) is 25.2 Å². The summed E-state index contributed by atoms with van der Waals surface area (Å²) >= 11 is 0. The first kappa shape index (κ1) is 15.4. The highest BCUT2D eigenvalue weighted by molar-refractivity contribution is 5.81. The topological polar surface area (TPSA) is 52.6 Å². The maximum absolute atomic E-state index is 10.8. The predicted molar refractivity (Wildman–Crippen MR) is 65.3 cm³/mol. The van der Waals surface area contributed by atoms with Gasteiger partial charge in [-0.1, -0.05) is 27.0 Å². The van der Waals surface area contributed by atoms with Crippen molar-refractivity contribution in [2.24, 2.45) is 5.41 Å². The molecule has 0 bridgehead atoms. The van der Waals surface area contributed by atoms with Crippen molar-refractivity contribution in [1.29, 1.82) is 0 Å². The zero-order valence-corrected chi connectivity index (χ0v) is 10.5. The Bertz CT molecular complexity index is 264. The van der Waals surface area contributed by atoms with E-state index in [1.165, 1.54) is 0 Å². The van der Waals surface area contributed by atoms with E-state index in [-0.39, 0.29) is 5.41 Å². The number of rotatable bonds is 8. The van der Waals surface area contributed by atoms with Gasteiger partial charge in [0, 0.05) is 12.2 Å². The van der Waals surface area contributed by atoms with E-state index in [4.69, 9.17) is 9.47 Å². The standard InChI is InChI=1S/C13H20O4/c1-5-11(14)16-9-7-13(3,4)8-10-17-12(15)6-2/h5-6H,1-2,7-10H2,3-4H3. The Morgan fingerprint density at radius 2 is 1.35 bits per heavy atom. The van der Waals surface area contributed by atoms with Crippen LogP contribution in [0, 0.1) is 5.41 Å². The molecule has 0 N–H and O–H groups in total. The average molecular weight is 240 g/mol. The summed E-state index contributed by atoms with van der Waals surface area (Å²) in [4.78, 5) is 21.6. The molecule has 0 saturated carbocycles. The number of hydrogen-bond acceptors (Lipinski definition) is 4. The molecule has 0 spiro atoms. The summed E-state index contributed by atoms with van der Waals surface area (Å²) in [5, 5.41) is 0. The SMILES string of the molecule is C=CC(=O)OCCC(C)(C)CCOC(=O)C=C. The third-order valence-electron chi connectivity index (χ3n) is 2.38. The quantitative estimate of drug-likeness (QED) is 0.482. The first-order valence-corrected chi connectivity index (χ1v) is 5.49. The van der Waals surface area contributed by atoms with E-state index in [9.17, 15) is 9.59 Å². The lowest BCUT2D eigenvalue weighted by atomic mass is 9.86. The lowest BCUT2D eigenvalue weighted by molar-refractivity contribution is -0.138. The Balaban J connectivity index is 3.79. The van der Waals surface area contributed by atoms with E-state index >= 15 is 0 Å². The first-order chi connectivity index (χ1) is 7.91. The van der Waals surface area contributed by atoms with Crippen molar-refractivity contribution in [3.8, 4) is 0 Å². The Labute approximate surface area is 102 Å². The maximum Gasteiger partial charge on any atom is 0.330 e. The summed E-state index contributed by atoms with van der Waals surface area (Å²) in [7, 11) is 0. The number of esters is 2. The Hall–Kier alpha value is -1.58. The van der Waals surface area contributed by atoms with Gasteiger partial charge in [-0.3, -0.25) is 0 Å². The lowest BCUT2D eigenvalue weighted by Gasteiger charge is -2.23. The van der Waals surface area contributed by atoms with Crippen LogP contribution in [0.3, 0.4) is 0 Å². The van der Waals surface area contributed by atoms with Crippen LogP contribution in [0.4, 0.5) is 0 Å². The van der Waals surface area contributed by atoms with E-state index in [1.54, 1.807) is 0 Å². The van der Waals surface area contributed by atoms with Gasteiger partial charge in [0.15, 0.2) is 0 Å². The van der Waals surface area contributed by atoms with E-state index in [2.05, 4.69) is 13.2 Å². The highest BCUT2D eigenvalue weighted by atomic mass is 16.5. The monoisotopic (exact) mass is 240 g/mol. The van der Waals surface area contributed by atoms with Crippen molar-refractivity contribution >= 4 is 11.9 Å². The van der Waals surface area contributed by atoms with Crippen molar-refractivity contribution in [3.63, 3.8) is 0 Å². The molecule has 0 heterocycles. The van der Waals surface area contributed by atoms with Gasteiger partial charge in [0.2, 0.25) is 0 Å². The molecule has 96 valence electrons. The molecule has 0 aromatic carbocycles. The third kappa shape index (κ3) is 8.25. The zero-order valence-electron chi connectivity index (χ0n) is 10.5. The summed E-state index contributed by atoms with van der Waals surface area (Å²) in [5.74, 6) is -0.835. The van der Waals surface area contributed by atoms with Crippen LogP contribution in [0.2, 0.25) is 0 Å². The van der Waals surface area contributed by atoms with Crippen LogP contribution in [0.25, 0.3) is 0 Å². The van der Waals surface area contributed by atoms with Crippen molar-refractivity contribution in [3.05, 3.63) is 25.3 Å². The highest BCUT2D eigenvalue weighted by Gasteiger charge is 2.18. The van der Waals surface area contributed by atoms with Crippen LogP contribution in [0.5, 0.6) is 0 Å². The Morgan fingerprint density at radius 3 is 1.65 bits per heavy atom. The van der Waals surface area contributed by atoms with Crippen LogP contribution in [-0.2, 0) is 19.1 Å². The van der Waals surface area contributed by atoms with E-state index in [0.29, 0.717) is 26.1 Å². The van der Waals surface area contributed by atoms with Crippen molar-refractivity contribution in [2.75, 3.05) is 13.2 Å². The molecular weight excluding hydrogens is 220 g/mol. The summed E-state index contributed by atoms with van der Waals surface area (Å²) in [6.45, 7) is 11.4. The summed E-state index contributed by atoms with van der Waals surface area (Å²) in [6, 6.07) is 0. The van der Waals surface area contributed by atoms with Crippen LogP contribution in [0.1, 0.15) is 26.7 Å². The maximum atomic E-state index is 10.8. The number of hydrogen-bond donors (Lipinski definition) is 0. The van der Waals surface area contributed by atoms with Crippen molar-refractivity contribution < 1.29 is 19.1 Å². The molecule has 0 aromatic rings. The molecule has 0 amide bonds. The summed E-state index contributed by atoms with van der Waals surface area (Å²) < 4.78 is 9.79. The van der Waals surface area contributed by atoms with Crippen molar-refractivity contribution in [1.82, 2.24) is 0 Å². The van der Waals surface area contributed by atoms with Gasteiger partial charge in [0.05, 0.1) is 13.2 Å². The Morgan fingerprint density at radius 1 is 1.00 bits per heavy atom. The molecule has 0 saturated heterocycles. The smallest absolute Gasteiger partial charge is 0.330 e. The highest BCUT2D eigenvalue weighted by Crippen LogP contribution is 2.24. The van der Waals surface area contributed by atoms with E-state index in [1.807, 2.05) is 13.8 Å². The van der Waals surface area contributed by atoms with Gasteiger partial charge in [-0.25, -0.2) is 9.59 Å². The lowest BCUT2D eigenvalue weighted by Crippen LogP contribution is -2.19. The number of carbonyl (C=O) groups is 2. The molecule has 0 fully saturated rings. The van der Waals surface area contributed by atoms with Crippen molar-refractivity contribution in [2.45, 2.75) is 26.7 Å². The minimum absolute atomic E-state index is 0.0527. The molecule has 17 heavy (non-hydrogen) atoms. The van der Waals surface area contributed by atoms with Crippen LogP contribution < -0.4 is 0 Å². The van der Waals surface area contributed by atoms with Gasteiger partial charge in [-0.2, -0.15) is 0 Å². The van der Waals surface area contributed by atoms with Gasteiger partial charge in [0.25, 0.3) is 0 Å². The van der Waals surface area contributed by atoms with Gasteiger partial charge in [-0.15, -0.1) is 0 Å². The largest absolute Gasteiger partial charge is 0.463 e. The normalized spacial score (nSPS) is 10.5. The van der Waals surface area contributed by atoms with E-state index in [0.717, 1.165) is 12.2 Å². The van der Waals surface area contributed by atoms with Gasteiger partial charge in [-0.05, 0) is 18.3 Å². The molecule has 0 rings (SSSR count). The minimum atomic E-state index is -0.418. The Kier molecular flexibility index (Phi) is 6.94. The second-order valence-electron chi connectivity index (χ2n) is 4.41. The second-order valence-corrected chi connectivity index (χ2v) is 4.41. The number of ether oxygens (including phenoxy) is 2. The molecule has 0 aliphatic carbocycles. The molecular formula is C13H20O4. The number of carbonyl (C=O) groups excluding carboxylic acids is 2. The summed E-state index contributed by atoms with van der Waals surface area (Å²) in [5.41, 5.74) is -0.0527. The van der Waals surface area contributed by atoms with Crippen LogP contribution >= 0.6 is 0 Å². The van der Waals surface area contributed by atoms with E-state index < -0.39 is 11.9 Å². The fourth-order valence-electron chi connectivity index (χ4n) is 1.10. The molecule has 4 heteroatoms. The fourth-order valence-corrected chi connectivity index (χ4v) is 1.10. The molecule has 0 aliphatic heterocycles. The molecule has 0 aromatic heterocycles. The molecule has 4 nitrogen and oxygen atoms in total. The van der Waals surface area contributed by atoms with Gasteiger partial charge < -0.3 is 9.47 Å². The van der Waals surface area contributed by atoms with Gasteiger partial charge >= 0.3 is 11.9 Å².